The van der Waals surface area contributed by atoms with Crippen molar-refractivity contribution in [1.82, 2.24) is 20.0 Å². The maximum absolute atomic E-state index is 11.4. The predicted octanol–water partition coefficient (Wildman–Crippen LogP) is -1.05. The summed E-state index contributed by atoms with van der Waals surface area (Å²) in [4.78, 5) is 32.7. The highest BCUT2D eigenvalue weighted by atomic mass is 16.4. The molecule has 0 saturated carbocycles. The van der Waals surface area contributed by atoms with Gasteiger partial charge in [0.1, 0.15) is 5.69 Å². The van der Waals surface area contributed by atoms with Crippen molar-refractivity contribution in [2.24, 2.45) is 0 Å². The summed E-state index contributed by atoms with van der Waals surface area (Å²) in [5, 5.41) is 16.7. The first-order valence-corrected chi connectivity index (χ1v) is 4.19. The number of H-pyrrole nitrogens is 2. The van der Waals surface area contributed by atoms with Crippen LogP contribution in [-0.4, -0.2) is 31.1 Å². The monoisotopic (exact) mass is 222 g/mol. The van der Waals surface area contributed by atoms with Crippen molar-refractivity contribution >= 4 is 5.97 Å². The number of nitrogens with zero attached hydrogens (tertiary/aromatic N) is 2. The number of aromatic nitrogens is 4. The second-order valence-electron chi connectivity index (χ2n) is 2.93. The van der Waals surface area contributed by atoms with E-state index in [2.05, 4.69) is 15.3 Å². The molecule has 8 heteroatoms. The van der Waals surface area contributed by atoms with Gasteiger partial charge in [-0.2, -0.15) is 9.78 Å². The first kappa shape index (κ1) is 9.90. The summed E-state index contributed by atoms with van der Waals surface area (Å²) >= 11 is 0. The average molecular weight is 222 g/mol. The van der Waals surface area contributed by atoms with Gasteiger partial charge in [0.05, 0.1) is 0 Å². The Hall–Kier alpha value is -2.64. The van der Waals surface area contributed by atoms with Gasteiger partial charge in [0.25, 0.3) is 11.1 Å². The topological polar surface area (TPSA) is 121 Å². The lowest BCUT2D eigenvalue weighted by molar-refractivity contribution is 0.0690. The normalized spacial score (nSPS) is 10.2. The molecule has 2 aromatic rings. The molecule has 2 heterocycles. The molecule has 0 amide bonds. The smallest absolute Gasteiger partial charge is 0.353 e. The molecular weight excluding hydrogens is 216 g/mol. The SMILES string of the molecule is O=C(O)c1cc(=O)n(-c2ccc(=O)[nH]n2)[nH]1. The molecule has 0 radical (unpaired) electrons. The van der Waals surface area contributed by atoms with Crippen LogP contribution in [0.1, 0.15) is 10.5 Å². The Morgan fingerprint density at radius 3 is 2.62 bits per heavy atom. The van der Waals surface area contributed by atoms with Gasteiger partial charge in [-0.15, -0.1) is 0 Å². The zero-order chi connectivity index (χ0) is 11.7. The number of carbonyl (C=O) groups is 1. The third kappa shape index (κ3) is 1.63. The van der Waals surface area contributed by atoms with Gasteiger partial charge < -0.3 is 5.11 Å². The van der Waals surface area contributed by atoms with Crippen LogP contribution in [0.5, 0.6) is 0 Å². The van der Waals surface area contributed by atoms with Crippen LogP contribution in [0.25, 0.3) is 5.82 Å². The van der Waals surface area contributed by atoms with E-state index in [1.807, 2.05) is 0 Å². The van der Waals surface area contributed by atoms with Gasteiger partial charge in [0.15, 0.2) is 5.82 Å². The number of hydrogen-bond acceptors (Lipinski definition) is 4. The van der Waals surface area contributed by atoms with E-state index < -0.39 is 17.1 Å². The van der Waals surface area contributed by atoms with Gasteiger partial charge in [0.2, 0.25) is 0 Å². The van der Waals surface area contributed by atoms with Crippen LogP contribution >= 0.6 is 0 Å². The van der Waals surface area contributed by atoms with Gasteiger partial charge in [-0.1, -0.05) is 0 Å². The van der Waals surface area contributed by atoms with Crippen LogP contribution in [-0.2, 0) is 0 Å². The zero-order valence-corrected chi connectivity index (χ0v) is 7.80. The Bertz CT molecular complexity index is 630. The van der Waals surface area contributed by atoms with E-state index in [0.717, 1.165) is 10.7 Å². The predicted molar refractivity (Wildman–Crippen MR) is 51.8 cm³/mol. The zero-order valence-electron chi connectivity index (χ0n) is 7.80. The molecule has 2 aromatic heterocycles. The number of nitrogens with one attached hydrogen (secondary N) is 2. The number of aromatic carboxylic acids is 1. The molecule has 2 rings (SSSR count). The highest BCUT2D eigenvalue weighted by Crippen LogP contribution is 1.96. The van der Waals surface area contributed by atoms with Crippen molar-refractivity contribution in [2.75, 3.05) is 0 Å². The molecular formula is C8H6N4O4. The largest absolute Gasteiger partial charge is 0.477 e. The van der Waals surface area contributed by atoms with E-state index in [-0.39, 0.29) is 11.5 Å². The molecule has 0 atom stereocenters. The average Bonchev–Trinajstić information content (AvgIpc) is 2.62. The second kappa shape index (κ2) is 3.50. The van der Waals surface area contributed by atoms with Crippen LogP contribution in [0.3, 0.4) is 0 Å². The molecule has 0 saturated heterocycles. The van der Waals surface area contributed by atoms with Crippen LogP contribution in [0.15, 0.2) is 27.8 Å². The minimum absolute atomic E-state index is 0.108. The molecule has 0 fully saturated rings. The second-order valence-corrected chi connectivity index (χ2v) is 2.93. The van der Waals surface area contributed by atoms with E-state index in [1.54, 1.807) is 0 Å². The summed E-state index contributed by atoms with van der Waals surface area (Å²) in [6.07, 6.45) is 0. The van der Waals surface area contributed by atoms with Crippen LogP contribution in [0.2, 0.25) is 0 Å². The van der Waals surface area contributed by atoms with E-state index in [9.17, 15) is 14.4 Å². The van der Waals surface area contributed by atoms with Gasteiger partial charge in [-0.25, -0.2) is 9.89 Å². The Morgan fingerprint density at radius 2 is 2.12 bits per heavy atom. The van der Waals surface area contributed by atoms with E-state index in [0.29, 0.717) is 0 Å². The van der Waals surface area contributed by atoms with Gasteiger partial charge in [-0.3, -0.25) is 14.7 Å². The number of aromatic amines is 2. The molecule has 16 heavy (non-hydrogen) atoms. The summed E-state index contributed by atoms with van der Waals surface area (Å²) in [7, 11) is 0. The lowest BCUT2D eigenvalue weighted by Crippen LogP contribution is -2.18. The number of hydrogen-bond donors (Lipinski definition) is 3. The van der Waals surface area contributed by atoms with Crippen molar-refractivity contribution in [3.8, 4) is 5.82 Å². The summed E-state index contributed by atoms with van der Waals surface area (Å²) in [6, 6.07) is 3.40. The van der Waals surface area contributed by atoms with Crippen molar-refractivity contribution in [2.45, 2.75) is 0 Å². The van der Waals surface area contributed by atoms with Gasteiger partial charge in [-0.05, 0) is 6.07 Å². The third-order valence-electron chi connectivity index (χ3n) is 1.84. The van der Waals surface area contributed by atoms with Crippen LogP contribution < -0.4 is 11.1 Å². The summed E-state index contributed by atoms with van der Waals surface area (Å²) in [6.45, 7) is 0. The van der Waals surface area contributed by atoms with Crippen molar-refractivity contribution in [3.05, 3.63) is 44.6 Å². The number of carboxylic acid groups (broad SMARTS) is 1. The Labute approximate surface area is 87.1 Å². The van der Waals surface area contributed by atoms with Crippen LogP contribution in [0, 0.1) is 0 Å². The molecule has 0 aliphatic carbocycles. The van der Waals surface area contributed by atoms with Crippen molar-refractivity contribution in [1.29, 1.82) is 0 Å². The van der Waals surface area contributed by atoms with Crippen molar-refractivity contribution < 1.29 is 9.90 Å². The number of rotatable bonds is 2. The maximum Gasteiger partial charge on any atom is 0.353 e. The highest BCUT2D eigenvalue weighted by molar-refractivity contribution is 5.85. The summed E-state index contributed by atoms with van der Waals surface area (Å²) < 4.78 is 0.916. The molecule has 0 aliphatic heterocycles. The molecule has 82 valence electrons. The lowest BCUT2D eigenvalue weighted by atomic mass is 10.4. The van der Waals surface area contributed by atoms with E-state index >= 15 is 0 Å². The van der Waals surface area contributed by atoms with Crippen LogP contribution in [0.4, 0.5) is 0 Å². The first-order valence-electron chi connectivity index (χ1n) is 4.19. The van der Waals surface area contributed by atoms with E-state index in [1.165, 1.54) is 12.1 Å². The molecule has 0 unspecified atom stereocenters. The number of carboxylic acids is 1. The fourth-order valence-corrected chi connectivity index (χ4v) is 1.14. The fraction of sp³-hybridized carbons (Fsp3) is 0. The Morgan fingerprint density at radius 1 is 1.38 bits per heavy atom. The fourth-order valence-electron chi connectivity index (χ4n) is 1.14. The van der Waals surface area contributed by atoms with Gasteiger partial charge in [0, 0.05) is 12.1 Å². The molecule has 0 aliphatic rings. The quantitative estimate of drug-likeness (QED) is 0.598. The molecule has 0 aromatic carbocycles. The molecule has 8 nitrogen and oxygen atoms in total. The standard InChI is InChI=1S/C8H6N4O4/c13-6-2-1-5(9-10-6)12-7(14)3-4(11-12)8(15)16/h1-3,11H,(H,10,13)(H,15,16). The lowest BCUT2D eigenvalue weighted by Gasteiger charge is -1.97. The van der Waals surface area contributed by atoms with Crippen molar-refractivity contribution in [3.63, 3.8) is 0 Å². The van der Waals surface area contributed by atoms with Gasteiger partial charge >= 0.3 is 5.97 Å². The first-order chi connectivity index (χ1) is 7.58. The minimum atomic E-state index is -1.25. The molecule has 0 bridgehead atoms. The van der Waals surface area contributed by atoms with E-state index in [4.69, 9.17) is 5.11 Å². The molecule has 3 N–H and O–H groups in total. The Balaban J connectivity index is 2.56. The Kier molecular flexibility index (Phi) is 2.16. The summed E-state index contributed by atoms with van der Waals surface area (Å²) in [5.41, 5.74) is -1.24. The molecule has 0 spiro atoms. The third-order valence-corrected chi connectivity index (χ3v) is 1.84. The maximum atomic E-state index is 11.4. The highest BCUT2D eigenvalue weighted by Gasteiger charge is 2.10. The summed E-state index contributed by atoms with van der Waals surface area (Å²) in [5.74, 6) is -1.14. The minimum Gasteiger partial charge on any atom is -0.477 e.